The van der Waals surface area contributed by atoms with Crippen LogP contribution in [-0.2, 0) is 23.3 Å². The van der Waals surface area contributed by atoms with Gasteiger partial charge in [0.25, 0.3) is 0 Å². The van der Waals surface area contributed by atoms with E-state index >= 15 is 0 Å². The van der Waals surface area contributed by atoms with E-state index in [0.717, 1.165) is 0 Å². The van der Waals surface area contributed by atoms with Crippen molar-refractivity contribution in [3.05, 3.63) is 7.11 Å². The number of hydrogen-bond donors (Lipinski definition) is 0. The Morgan fingerprint density at radius 3 is 1.60 bits per heavy atom. The third-order valence-electron chi connectivity index (χ3n) is 0. The maximum Gasteiger partial charge on any atom is 0 e. The monoisotopic (exact) mass is 334 g/mol. The van der Waals surface area contributed by atoms with Crippen molar-refractivity contribution in [3.8, 4) is 0 Å². The van der Waals surface area contributed by atoms with Crippen molar-refractivity contribution in [1.82, 2.24) is 0 Å². The van der Waals surface area contributed by atoms with Crippen molar-refractivity contribution < 1.29 is 54.4 Å². The van der Waals surface area contributed by atoms with E-state index in [1.807, 2.05) is 0 Å². The maximum absolute atomic E-state index is 4.00. The van der Waals surface area contributed by atoms with Gasteiger partial charge in [-0.15, -0.1) is 0 Å². The van der Waals surface area contributed by atoms with Crippen molar-refractivity contribution in [1.29, 1.82) is 0 Å². The van der Waals surface area contributed by atoms with Gasteiger partial charge in [0, 0.05) is 49.7 Å². The molecule has 0 aromatic carbocycles. The Bertz CT molecular complexity index is 9.61. The van der Waals surface area contributed by atoms with Crippen molar-refractivity contribution in [2.24, 2.45) is 0 Å². The number of rotatable bonds is 0. The Balaban J connectivity index is -0.0000000200. The second-order valence-electron chi connectivity index (χ2n) is 0.289. The maximum atomic E-state index is 4.00. The number of methoxy groups -OCH3 is 1. The normalized spacial score (nSPS) is 3.60. The molecule has 0 N–H and O–H groups in total. The summed E-state index contributed by atoms with van der Waals surface area (Å²) < 4.78 is 4.00. The fourth-order valence-corrected chi connectivity index (χ4v) is 0. The fraction of sp³-hybridized carbons (Fsp3) is 0.500. The Morgan fingerprint density at radius 1 is 1.60 bits per heavy atom. The summed E-state index contributed by atoms with van der Waals surface area (Å²) in [5.74, 6) is 0. The van der Waals surface area contributed by atoms with Crippen LogP contribution in [0.5, 0.6) is 0 Å². The predicted octanol–water partition coefficient (Wildman–Crippen LogP) is 0.422. The average Bonchev–Trinajstić information content (AvgIpc) is 0.918. The molecule has 0 rings (SSSR count). The van der Waals surface area contributed by atoms with Crippen LogP contribution < -0.4 is 0 Å². The van der Waals surface area contributed by atoms with Crippen LogP contribution in [-0.4, -0.2) is 7.11 Å². The Kier molecular flexibility index (Phi) is 56.0. The fourth-order valence-electron chi connectivity index (χ4n) is 0. The van der Waals surface area contributed by atoms with Gasteiger partial charge >= 0.3 is 0 Å². The molecule has 5 heavy (non-hydrogen) atoms. The molecule has 0 unspecified atom stereocenters. The zero-order valence-corrected chi connectivity index (χ0v) is 8.62. The standard InChI is InChI=1S/C2H5O.U.V/c1-3-2;;/h1H2,2H3;;/q-1;;. The minimum Gasteiger partial charge on any atom is -0.557 e. The van der Waals surface area contributed by atoms with Crippen LogP contribution in [0, 0.1) is 38.2 Å². The van der Waals surface area contributed by atoms with Gasteiger partial charge in [-0.3, -0.25) is 0 Å². The first-order valence-electron chi connectivity index (χ1n) is 0.697. The van der Waals surface area contributed by atoms with Crippen molar-refractivity contribution in [3.63, 3.8) is 0 Å². The van der Waals surface area contributed by atoms with Gasteiger partial charge in [-0.1, -0.05) is 0 Å². The molecular formula is C2H5OUV-. The van der Waals surface area contributed by atoms with Gasteiger partial charge < -0.3 is 4.74 Å². The van der Waals surface area contributed by atoms with E-state index in [2.05, 4.69) is 11.8 Å². The van der Waals surface area contributed by atoms with Gasteiger partial charge in [0.15, 0.2) is 0 Å². The van der Waals surface area contributed by atoms with Crippen LogP contribution in [0.4, 0.5) is 0 Å². The third-order valence-corrected chi connectivity index (χ3v) is 0. The molecule has 0 atom stereocenters. The van der Waals surface area contributed by atoms with Crippen LogP contribution in [0.1, 0.15) is 0 Å². The zero-order chi connectivity index (χ0) is 2.71. The van der Waals surface area contributed by atoms with E-state index in [9.17, 15) is 0 Å². The quantitative estimate of drug-likeness (QED) is 0.584. The Labute approximate surface area is 68.1 Å². The van der Waals surface area contributed by atoms with Gasteiger partial charge in [-0.2, -0.15) is 0 Å². The summed E-state index contributed by atoms with van der Waals surface area (Å²) in [5.41, 5.74) is 0. The van der Waals surface area contributed by atoms with Crippen LogP contribution >= 0.6 is 0 Å². The summed E-state index contributed by atoms with van der Waals surface area (Å²) in [4.78, 5) is 0. The average molecular weight is 334 g/mol. The van der Waals surface area contributed by atoms with Crippen molar-refractivity contribution in [2.45, 2.75) is 0 Å². The largest absolute Gasteiger partial charge is 0.557 e. The Morgan fingerprint density at radius 2 is 1.60 bits per heavy atom. The first kappa shape index (κ1) is 16.0. The van der Waals surface area contributed by atoms with Gasteiger partial charge in [0.2, 0.25) is 0 Å². The third kappa shape index (κ3) is 28.4. The molecule has 0 heterocycles. The molecule has 0 spiro atoms. The van der Waals surface area contributed by atoms with Crippen LogP contribution in [0.15, 0.2) is 0 Å². The minimum atomic E-state index is 0. The zero-order valence-electron chi connectivity index (χ0n) is 3.06. The molecule has 3 heteroatoms. The van der Waals surface area contributed by atoms with E-state index in [-0.39, 0.29) is 49.7 Å². The van der Waals surface area contributed by atoms with Crippen LogP contribution in [0.25, 0.3) is 0 Å². The molecule has 0 aromatic rings. The molecule has 0 aromatic heterocycles. The van der Waals surface area contributed by atoms with E-state index in [1.165, 1.54) is 7.11 Å². The first-order valence-corrected chi connectivity index (χ1v) is 0.697. The first-order chi connectivity index (χ1) is 1.41. The van der Waals surface area contributed by atoms with Crippen LogP contribution in [0.3, 0.4) is 0 Å². The summed E-state index contributed by atoms with van der Waals surface area (Å²) in [5, 5.41) is 0. The number of hydrogen-bond acceptors (Lipinski definition) is 1. The van der Waals surface area contributed by atoms with E-state index < -0.39 is 0 Å². The van der Waals surface area contributed by atoms with E-state index in [0.29, 0.717) is 0 Å². The second-order valence-corrected chi connectivity index (χ2v) is 0.289. The molecular weight excluding hydrogens is 329 g/mol. The molecule has 0 saturated carbocycles. The molecule has 0 aliphatic carbocycles. The minimum absolute atomic E-state index is 0. The Hall–Kier alpha value is 1.60. The SMILES string of the molecule is [CH2-]OC.[U].[V]. The van der Waals surface area contributed by atoms with Gasteiger partial charge in [0.05, 0.1) is 0 Å². The topological polar surface area (TPSA) is 9.23 Å². The predicted molar refractivity (Wildman–Crippen MR) is 12.4 cm³/mol. The van der Waals surface area contributed by atoms with Crippen molar-refractivity contribution in [2.75, 3.05) is 7.11 Å². The summed E-state index contributed by atoms with van der Waals surface area (Å²) >= 11 is 0. The molecule has 0 fully saturated rings. The van der Waals surface area contributed by atoms with Crippen molar-refractivity contribution >= 4 is 0 Å². The van der Waals surface area contributed by atoms with Gasteiger partial charge in [0.1, 0.15) is 0 Å². The summed E-state index contributed by atoms with van der Waals surface area (Å²) in [7, 11) is 4.50. The van der Waals surface area contributed by atoms with E-state index in [1.54, 1.807) is 0 Å². The molecule has 0 aliphatic rings. The molecule has 0 amide bonds. The molecule has 0 aliphatic heterocycles. The number of ether oxygens (including phenoxy) is 1. The van der Waals surface area contributed by atoms with Gasteiger partial charge in [-0.25, -0.2) is 7.11 Å². The summed E-state index contributed by atoms with van der Waals surface area (Å²) in [6.45, 7) is 0. The summed E-state index contributed by atoms with van der Waals surface area (Å²) in [6, 6.07) is 0. The van der Waals surface area contributed by atoms with E-state index in [4.69, 9.17) is 0 Å². The smallest absolute Gasteiger partial charge is 0 e. The van der Waals surface area contributed by atoms with Gasteiger partial charge in [-0.05, 0) is 7.11 Å². The molecule has 1 nitrogen and oxygen atoms in total. The molecule has 0 saturated heterocycles. The molecule has 1 radical (unpaired) electrons. The second kappa shape index (κ2) is 17.5. The summed E-state index contributed by atoms with van der Waals surface area (Å²) in [6.07, 6.45) is 0. The molecule has 0 bridgehead atoms. The molecule has 29 valence electrons. The van der Waals surface area contributed by atoms with Crippen LogP contribution in [0.2, 0.25) is 0 Å².